The number of benzene rings is 3. The lowest BCUT2D eigenvalue weighted by atomic mass is 10.1. The Kier molecular flexibility index (Phi) is 7.70. The van der Waals surface area contributed by atoms with Gasteiger partial charge in [-0.2, -0.15) is 5.26 Å². The van der Waals surface area contributed by atoms with E-state index in [0.717, 1.165) is 6.07 Å². The number of hydrogen-bond donors (Lipinski definition) is 1. The standard InChI is InChI=1S/C24H20N4O5/c25-14-7-15-27(20-10-5-2-6-11-20)23(29)17-33-24(30)18-12-13-21(22(16-18)28(31)32)26-19-8-3-1-4-9-19/h1-6,8-13,16,26H,7,15,17H2. The molecule has 0 bridgehead atoms. The van der Waals surface area contributed by atoms with E-state index in [1.54, 1.807) is 54.6 Å². The number of nitrogens with one attached hydrogen (secondary N) is 1. The van der Waals surface area contributed by atoms with Crippen LogP contribution in [-0.2, 0) is 9.53 Å². The molecule has 166 valence electrons. The van der Waals surface area contributed by atoms with Gasteiger partial charge in [0.05, 0.1) is 23.0 Å². The number of nitrogens with zero attached hydrogens (tertiary/aromatic N) is 3. The second-order valence-electron chi connectivity index (χ2n) is 6.85. The molecule has 0 saturated heterocycles. The summed E-state index contributed by atoms with van der Waals surface area (Å²) in [5.41, 5.74) is 1.07. The van der Waals surface area contributed by atoms with Crippen molar-refractivity contribution in [3.63, 3.8) is 0 Å². The van der Waals surface area contributed by atoms with Crippen LogP contribution in [0.2, 0.25) is 0 Å². The number of nitro benzene ring substituents is 1. The maximum atomic E-state index is 12.6. The number of nitro groups is 1. The first kappa shape index (κ1) is 23.0. The zero-order valence-electron chi connectivity index (χ0n) is 17.5. The highest BCUT2D eigenvalue weighted by molar-refractivity contribution is 5.97. The van der Waals surface area contributed by atoms with E-state index in [2.05, 4.69) is 5.32 Å². The van der Waals surface area contributed by atoms with E-state index in [-0.39, 0.29) is 29.9 Å². The lowest BCUT2D eigenvalue weighted by Gasteiger charge is -2.21. The molecule has 0 aromatic heterocycles. The van der Waals surface area contributed by atoms with Crippen molar-refractivity contribution >= 4 is 34.6 Å². The van der Waals surface area contributed by atoms with Crippen molar-refractivity contribution in [3.05, 3.63) is 94.5 Å². The average Bonchev–Trinajstić information content (AvgIpc) is 2.84. The van der Waals surface area contributed by atoms with E-state index in [1.165, 1.54) is 17.0 Å². The minimum atomic E-state index is -0.869. The van der Waals surface area contributed by atoms with Crippen LogP contribution in [0.25, 0.3) is 0 Å². The summed E-state index contributed by atoms with van der Waals surface area (Å²) >= 11 is 0. The molecular weight excluding hydrogens is 424 g/mol. The lowest BCUT2D eigenvalue weighted by molar-refractivity contribution is -0.383. The SMILES string of the molecule is N#CCCN(C(=O)COC(=O)c1ccc(Nc2ccccc2)c([N+](=O)[O-])c1)c1ccccc1. The van der Waals surface area contributed by atoms with E-state index in [0.29, 0.717) is 11.4 Å². The maximum absolute atomic E-state index is 12.6. The Morgan fingerprint density at radius 3 is 2.33 bits per heavy atom. The first-order valence-corrected chi connectivity index (χ1v) is 9.99. The summed E-state index contributed by atoms with van der Waals surface area (Å²) in [5, 5.41) is 23.3. The van der Waals surface area contributed by atoms with Gasteiger partial charge in [-0.15, -0.1) is 0 Å². The van der Waals surface area contributed by atoms with Crippen LogP contribution in [0.1, 0.15) is 16.8 Å². The number of carbonyl (C=O) groups excluding carboxylic acids is 2. The van der Waals surface area contributed by atoms with E-state index < -0.39 is 23.4 Å². The van der Waals surface area contributed by atoms with Gasteiger partial charge in [-0.1, -0.05) is 36.4 Å². The number of amides is 1. The number of carbonyl (C=O) groups is 2. The van der Waals surface area contributed by atoms with Crippen LogP contribution in [0, 0.1) is 21.4 Å². The van der Waals surface area contributed by atoms with Crippen molar-refractivity contribution < 1.29 is 19.2 Å². The third-order valence-electron chi connectivity index (χ3n) is 4.63. The smallest absolute Gasteiger partial charge is 0.338 e. The summed E-state index contributed by atoms with van der Waals surface area (Å²) in [7, 11) is 0. The number of ether oxygens (including phenoxy) is 1. The molecule has 0 aliphatic heterocycles. The molecule has 0 radical (unpaired) electrons. The van der Waals surface area contributed by atoms with Gasteiger partial charge in [-0.25, -0.2) is 4.79 Å². The van der Waals surface area contributed by atoms with E-state index in [9.17, 15) is 19.7 Å². The van der Waals surface area contributed by atoms with Crippen LogP contribution in [0.15, 0.2) is 78.9 Å². The molecule has 3 aromatic carbocycles. The Morgan fingerprint density at radius 2 is 1.70 bits per heavy atom. The Morgan fingerprint density at radius 1 is 1.03 bits per heavy atom. The number of para-hydroxylation sites is 2. The van der Waals surface area contributed by atoms with Crippen molar-refractivity contribution in [1.29, 1.82) is 5.26 Å². The van der Waals surface area contributed by atoms with Gasteiger partial charge in [0.1, 0.15) is 5.69 Å². The molecule has 33 heavy (non-hydrogen) atoms. The molecule has 3 aromatic rings. The topological polar surface area (TPSA) is 126 Å². The van der Waals surface area contributed by atoms with Crippen molar-refractivity contribution in [2.45, 2.75) is 6.42 Å². The third kappa shape index (κ3) is 6.15. The fourth-order valence-corrected chi connectivity index (χ4v) is 3.05. The predicted molar refractivity (Wildman–Crippen MR) is 122 cm³/mol. The van der Waals surface area contributed by atoms with Crippen LogP contribution in [0.5, 0.6) is 0 Å². The highest BCUT2D eigenvalue weighted by Gasteiger charge is 2.21. The Hall–Kier alpha value is -4.71. The maximum Gasteiger partial charge on any atom is 0.338 e. The summed E-state index contributed by atoms with van der Waals surface area (Å²) < 4.78 is 5.11. The van der Waals surface area contributed by atoms with Gasteiger partial charge in [0, 0.05) is 24.0 Å². The highest BCUT2D eigenvalue weighted by Crippen LogP contribution is 2.29. The van der Waals surface area contributed by atoms with Gasteiger partial charge >= 0.3 is 5.97 Å². The molecule has 3 rings (SSSR count). The highest BCUT2D eigenvalue weighted by atomic mass is 16.6. The molecular formula is C24H20N4O5. The number of hydrogen-bond acceptors (Lipinski definition) is 7. The Balaban J connectivity index is 1.71. The molecule has 0 spiro atoms. The van der Waals surface area contributed by atoms with Gasteiger partial charge < -0.3 is 15.0 Å². The van der Waals surface area contributed by atoms with Crippen LogP contribution in [0.3, 0.4) is 0 Å². The fraction of sp³-hybridized carbons (Fsp3) is 0.125. The second-order valence-corrected chi connectivity index (χ2v) is 6.85. The van der Waals surface area contributed by atoms with Gasteiger partial charge in [-0.3, -0.25) is 14.9 Å². The quantitative estimate of drug-likeness (QED) is 0.294. The van der Waals surface area contributed by atoms with Crippen molar-refractivity contribution in [3.8, 4) is 6.07 Å². The van der Waals surface area contributed by atoms with Gasteiger partial charge in [0.25, 0.3) is 11.6 Å². The molecule has 0 fully saturated rings. The van der Waals surface area contributed by atoms with Crippen molar-refractivity contribution in [1.82, 2.24) is 0 Å². The molecule has 1 N–H and O–H groups in total. The number of anilines is 3. The largest absolute Gasteiger partial charge is 0.452 e. The predicted octanol–water partition coefficient (Wildman–Crippen LogP) is 4.44. The third-order valence-corrected chi connectivity index (χ3v) is 4.63. The molecule has 0 unspecified atom stereocenters. The molecule has 0 saturated carbocycles. The molecule has 9 nitrogen and oxygen atoms in total. The first-order chi connectivity index (χ1) is 16.0. The van der Waals surface area contributed by atoms with Gasteiger partial charge in [0.2, 0.25) is 0 Å². The molecule has 0 aliphatic rings. The minimum absolute atomic E-state index is 0.0589. The normalized spacial score (nSPS) is 10.0. The molecule has 9 heteroatoms. The fourth-order valence-electron chi connectivity index (χ4n) is 3.05. The van der Waals surface area contributed by atoms with E-state index >= 15 is 0 Å². The van der Waals surface area contributed by atoms with Crippen LogP contribution < -0.4 is 10.2 Å². The molecule has 0 heterocycles. The molecule has 1 amide bonds. The van der Waals surface area contributed by atoms with Crippen LogP contribution in [-0.4, -0.2) is 30.0 Å². The Labute approximate surface area is 190 Å². The number of rotatable bonds is 9. The summed E-state index contributed by atoms with van der Waals surface area (Å²) in [6, 6.07) is 23.5. The second kappa shape index (κ2) is 11.1. The van der Waals surface area contributed by atoms with E-state index in [1.807, 2.05) is 12.1 Å². The van der Waals surface area contributed by atoms with Gasteiger partial charge in [0.15, 0.2) is 6.61 Å². The molecule has 0 atom stereocenters. The monoisotopic (exact) mass is 444 g/mol. The minimum Gasteiger partial charge on any atom is -0.452 e. The van der Waals surface area contributed by atoms with Crippen LogP contribution in [0.4, 0.5) is 22.7 Å². The zero-order chi connectivity index (χ0) is 23.6. The molecule has 0 aliphatic carbocycles. The Bertz CT molecular complexity index is 1180. The summed E-state index contributed by atoms with van der Waals surface area (Å²) in [6.45, 7) is -0.431. The number of nitriles is 1. The van der Waals surface area contributed by atoms with Gasteiger partial charge in [-0.05, 0) is 36.4 Å². The lowest BCUT2D eigenvalue weighted by Crippen LogP contribution is -2.35. The van der Waals surface area contributed by atoms with Crippen LogP contribution >= 0.6 is 0 Å². The number of esters is 1. The average molecular weight is 444 g/mol. The zero-order valence-corrected chi connectivity index (χ0v) is 17.5. The summed E-state index contributed by atoms with van der Waals surface area (Å²) in [5.74, 6) is -1.38. The van der Waals surface area contributed by atoms with E-state index in [4.69, 9.17) is 10.00 Å². The summed E-state index contributed by atoms with van der Waals surface area (Å²) in [4.78, 5) is 37.4. The van der Waals surface area contributed by atoms with Crippen molar-refractivity contribution in [2.75, 3.05) is 23.4 Å². The summed E-state index contributed by atoms with van der Waals surface area (Å²) in [6.07, 6.45) is 0.108. The van der Waals surface area contributed by atoms with Crippen molar-refractivity contribution in [2.24, 2.45) is 0 Å². The first-order valence-electron chi connectivity index (χ1n) is 9.99.